The Morgan fingerprint density at radius 1 is 1.33 bits per heavy atom. The molecular weight excluding hydrogens is 150 g/mol. The lowest BCUT2D eigenvalue weighted by molar-refractivity contribution is -0.121. The van der Waals surface area contributed by atoms with Crippen LogP contribution in [0.3, 0.4) is 0 Å². The minimum Gasteiger partial charge on any atom is -0.359 e. The Morgan fingerprint density at radius 2 is 1.92 bits per heavy atom. The molecule has 1 amide bonds. The number of carbonyl (C=O) groups excluding carboxylic acids is 1. The zero-order valence-corrected chi connectivity index (χ0v) is 7.68. The van der Waals surface area contributed by atoms with Crippen molar-refractivity contribution in [1.82, 2.24) is 5.32 Å². The molecule has 2 unspecified atom stereocenters. The van der Waals surface area contributed by atoms with Crippen molar-refractivity contribution in [1.29, 1.82) is 0 Å². The van der Waals surface area contributed by atoms with Crippen LogP contribution in [0.4, 0.5) is 0 Å². The van der Waals surface area contributed by atoms with Gasteiger partial charge in [-0.05, 0) is 43.4 Å². The van der Waals surface area contributed by atoms with E-state index in [2.05, 4.69) is 5.32 Å². The molecule has 12 heavy (non-hydrogen) atoms. The van der Waals surface area contributed by atoms with E-state index in [1.165, 1.54) is 25.7 Å². The van der Waals surface area contributed by atoms with Crippen molar-refractivity contribution in [3.05, 3.63) is 0 Å². The van der Waals surface area contributed by atoms with Crippen molar-refractivity contribution in [2.24, 2.45) is 17.8 Å². The molecule has 0 aliphatic heterocycles. The van der Waals surface area contributed by atoms with Gasteiger partial charge in [0.25, 0.3) is 0 Å². The van der Waals surface area contributed by atoms with Crippen LogP contribution in [0, 0.1) is 17.8 Å². The van der Waals surface area contributed by atoms with Crippen molar-refractivity contribution < 1.29 is 4.79 Å². The standard InChI is InChI=1S/C10H17NO/c1-11-10(12)6-7-4-8-2-3-9(8)5-7/h7-9H,2-6H2,1H3,(H,11,12). The minimum atomic E-state index is 0.223. The topological polar surface area (TPSA) is 29.1 Å². The third-order valence-corrected chi connectivity index (χ3v) is 3.60. The maximum Gasteiger partial charge on any atom is 0.220 e. The zero-order valence-electron chi connectivity index (χ0n) is 7.68. The van der Waals surface area contributed by atoms with Crippen LogP contribution in [-0.2, 0) is 4.79 Å². The molecule has 0 bridgehead atoms. The Morgan fingerprint density at radius 3 is 2.33 bits per heavy atom. The van der Waals surface area contributed by atoms with E-state index >= 15 is 0 Å². The van der Waals surface area contributed by atoms with Crippen molar-refractivity contribution in [3.8, 4) is 0 Å². The summed E-state index contributed by atoms with van der Waals surface area (Å²) in [4.78, 5) is 11.1. The second-order valence-corrected chi connectivity index (χ2v) is 4.31. The molecule has 68 valence electrons. The summed E-state index contributed by atoms with van der Waals surface area (Å²) < 4.78 is 0. The summed E-state index contributed by atoms with van der Waals surface area (Å²) in [5.74, 6) is 2.89. The van der Waals surface area contributed by atoms with Crippen LogP contribution in [-0.4, -0.2) is 13.0 Å². The first kappa shape index (κ1) is 8.09. The highest BCUT2D eigenvalue weighted by Gasteiger charge is 2.40. The lowest BCUT2D eigenvalue weighted by Gasteiger charge is -2.29. The molecule has 0 aromatic rings. The normalized spacial score (nSPS) is 38.6. The largest absolute Gasteiger partial charge is 0.359 e. The lowest BCUT2D eigenvalue weighted by atomic mass is 9.77. The first-order valence-corrected chi connectivity index (χ1v) is 5.00. The lowest BCUT2D eigenvalue weighted by Crippen LogP contribution is -2.20. The monoisotopic (exact) mass is 167 g/mol. The van der Waals surface area contributed by atoms with E-state index in [1.807, 2.05) is 0 Å². The summed E-state index contributed by atoms with van der Waals surface area (Å²) in [6.07, 6.45) is 6.25. The molecular formula is C10H17NO. The van der Waals surface area contributed by atoms with E-state index in [4.69, 9.17) is 0 Å². The number of nitrogens with one attached hydrogen (secondary N) is 1. The second-order valence-electron chi connectivity index (χ2n) is 4.31. The van der Waals surface area contributed by atoms with E-state index < -0.39 is 0 Å². The fourth-order valence-corrected chi connectivity index (χ4v) is 2.74. The van der Waals surface area contributed by atoms with Crippen LogP contribution >= 0.6 is 0 Å². The predicted octanol–water partition coefficient (Wildman–Crippen LogP) is 1.56. The molecule has 2 heteroatoms. The highest BCUT2D eigenvalue weighted by atomic mass is 16.1. The number of fused-ring (bicyclic) bond motifs is 1. The number of rotatable bonds is 2. The summed E-state index contributed by atoms with van der Waals surface area (Å²) >= 11 is 0. The summed E-state index contributed by atoms with van der Waals surface area (Å²) in [7, 11) is 1.73. The third-order valence-electron chi connectivity index (χ3n) is 3.60. The molecule has 0 saturated heterocycles. The summed E-state index contributed by atoms with van der Waals surface area (Å²) in [6, 6.07) is 0. The predicted molar refractivity (Wildman–Crippen MR) is 47.6 cm³/mol. The Bertz CT molecular complexity index is 178. The van der Waals surface area contributed by atoms with Gasteiger partial charge < -0.3 is 5.32 Å². The molecule has 2 atom stereocenters. The molecule has 2 fully saturated rings. The van der Waals surface area contributed by atoms with Gasteiger partial charge in [0.1, 0.15) is 0 Å². The Labute approximate surface area is 73.7 Å². The van der Waals surface area contributed by atoms with Crippen LogP contribution in [0.2, 0.25) is 0 Å². The van der Waals surface area contributed by atoms with Gasteiger partial charge in [0.2, 0.25) is 5.91 Å². The molecule has 2 aliphatic rings. The van der Waals surface area contributed by atoms with E-state index in [0.29, 0.717) is 5.92 Å². The van der Waals surface area contributed by atoms with Crippen LogP contribution in [0.15, 0.2) is 0 Å². The molecule has 0 heterocycles. The van der Waals surface area contributed by atoms with Crippen LogP contribution in [0.1, 0.15) is 32.1 Å². The molecule has 0 aromatic heterocycles. The molecule has 2 rings (SSSR count). The maximum absolute atomic E-state index is 11.1. The van der Waals surface area contributed by atoms with Gasteiger partial charge in [-0.1, -0.05) is 0 Å². The number of hydrogen-bond acceptors (Lipinski definition) is 1. The fourth-order valence-electron chi connectivity index (χ4n) is 2.74. The molecule has 2 saturated carbocycles. The minimum absolute atomic E-state index is 0.223. The van der Waals surface area contributed by atoms with Gasteiger partial charge >= 0.3 is 0 Å². The van der Waals surface area contributed by atoms with Gasteiger partial charge in [0, 0.05) is 13.5 Å². The smallest absolute Gasteiger partial charge is 0.220 e. The van der Waals surface area contributed by atoms with Gasteiger partial charge in [0.15, 0.2) is 0 Å². The highest BCUT2D eigenvalue weighted by Crippen LogP contribution is 2.50. The number of carbonyl (C=O) groups is 1. The zero-order chi connectivity index (χ0) is 8.55. The molecule has 0 radical (unpaired) electrons. The van der Waals surface area contributed by atoms with E-state index in [9.17, 15) is 4.79 Å². The van der Waals surface area contributed by atoms with Crippen LogP contribution in [0.5, 0.6) is 0 Å². The van der Waals surface area contributed by atoms with Gasteiger partial charge in [-0.3, -0.25) is 4.79 Å². The SMILES string of the molecule is CNC(=O)CC1CC2CCC2C1. The quantitative estimate of drug-likeness (QED) is 0.664. The van der Waals surface area contributed by atoms with Gasteiger partial charge in [-0.2, -0.15) is 0 Å². The number of amides is 1. The third kappa shape index (κ3) is 1.35. The highest BCUT2D eigenvalue weighted by molar-refractivity contribution is 5.75. The van der Waals surface area contributed by atoms with Gasteiger partial charge in [-0.15, -0.1) is 0 Å². The fraction of sp³-hybridized carbons (Fsp3) is 0.900. The number of hydrogen-bond donors (Lipinski definition) is 1. The summed E-state index contributed by atoms with van der Waals surface area (Å²) in [6.45, 7) is 0. The van der Waals surface area contributed by atoms with E-state index in [0.717, 1.165) is 18.3 Å². The van der Waals surface area contributed by atoms with Crippen molar-refractivity contribution in [2.75, 3.05) is 7.05 Å². The van der Waals surface area contributed by atoms with Crippen molar-refractivity contribution in [2.45, 2.75) is 32.1 Å². The van der Waals surface area contributed by atoms with Crippen LogP contribution < -0.4 is 5.32 Å². The van der Waals surface area contributed by atoms with Gasteiger partial charge in [-0.25, -0.2) is 0 Å². The van der Waals surface area contributed by atoms with Gasteiger partial charge in [0.05, 0.1) is 0 Å². The van der Waals surface area contributed by atoms with Crippen LogP contribution in [0.25, 0.3) is 0 Å². The summed E-state index contributed by atoms with van der Waals surface area (Å²) in [5.41, 5.74) is 0. The second kappa shape index (κ2) is 3.08. The molecule has 2 nitrogen and oxygen atoms in total. The first-order chi connectivity index (χ1) is 5.79. The average molecular weight is 167 g/mol. The maximum atomic E-state index is 11.1. The Balaban J connectivity index is 1.79. The Hall–Kier alpha value is -0.530. The summed E-state index contributed by atoms with van der Waals surface area (Å²) in [5, 5.41) is 2.70. The average Bonchev–Trinajstić information content (AvgIpc) is 2.30. The molecule has 0 spiro atoms. The van der Waals surface area contributed by atoms with Crippen molar-refractivity contribution >= 4 is 5.91 Å². The molecule has 0 aromatic carbocycles. The molecule has 2 aliphatic carbocycles. The molecule has 1 N–H and O–H groups in total. The van der Waals surface area contributed by atoms with Crippen molar-refractivity contribution in [3.63, 3.8) is 0 Å². The van der Waals surface area contributed by atoms with E-state index in [-0.39, 0.29) is 5.91 Å². The van der Waals surface area contributed by atoms with E-state index in [1.54, 1.807) is 7.05 Å². The Kier molecular flexibility index (Phi) is 2.07. The first-order valence-electron chi connectivity index (χ1n) is 5.00.